The van der Waals surface area contributed by atoms with Gasteiger partial charge in [0.05, 0.1) is 24.2 Å². The summed E-state index contributed by atoms with van der Waals surface area (Å²) < 4.78 is 5.30. The standard InChI is InChI=1S/C12H17NO5/c1-18-8-4-2-3-6-7(5-9(14)15)13-11(10(6)8)12(16)17/h6-8,13H,2-5H2,1H3,(H,14,15)(H,16,17)/p-1/t6-,7+,8+/m1/s1. The number of aliphatic carboxylic acids is 2. The lowest BCUT2D eigenvalue weighted by Gasteiger charge is -2.30. The first-order valence-corrected chi connectivity index (χ1v) is 6.01. The van der Waals surface area contributed by atoms with E-state index < -0.39 is 11.9 Å². The van der Waals surface area contributed by atoms with Crippen molar-refractivity contribution in [1.82, 2.24) is 5.32 Å². The molecule has 100 valence electrons. The number of carbonyl (C=O) groups is 2. The number of ether oxygens (including phenoxy) is 1. The molecule has 0 aromatic rings. The Bertz CT molecular complexity index is 403. The minimum Gasteiger partial charge on any atom is -0.543 e. The number of hydrogen-bond acceptors (Lipinski definition) is 5. The average Bonchev–Trinajstić information content (AvgIpc) is 2.67. The molecule has 3 atom stereocenters. The number of hydrogen-bond donors (Lipinski definition) is 2. The summed E-state index contributed by atoms with van der Waals surface area (Å²) in [6.07, 6.45) is 2.12. The fourth-order valence-corrected chi connectivity index (χ4v) is 3.01. The lowest BCUT2D eigenvalue weighted by Crippen LogP contribution is -2.36. The van der Waals surface area contributed by atoms with Gasteiger partial charge >= 0.3 is 5.97 Å². The summed E-state index contributed by atoms with van der Waals surface area (Å²) in [4.78, 5) is 21.9. The van der Waals surface area contributed by atoms with Crippen molar-refractivity contribution in [3.05, 3.63) is 11.3 Å². The molecular formula is C12H16NO5-. The van der Waals surface area contributed by atoms with Crippen molar-refractivity contribution in [2.24, 2.45) is 5.92 Å². The van der Waals surface area contributed by atoms with Crippen LogP contribution < -0.4 is 10.4 Å². The third-order valence-corrected chi connectivity index (χ3v) is 3.72. The highest BCUT2D eigenvalue weighted by atomic mass is 16.5. The predicted octanol–water partition coefficient (Wildman–Crippen LogP) is -0.748. The average molecular weight is 254 g/mol. The second kappa shape index (κ2) is 4.97. The van der Waals surface area contributed by atoms with Gasteiger partial charge in [-0.3, -0.25) is 4.79 Å². The van der Waals surface area contributed by atoms with E-state index in [0.29, 0.717) is 5.57 Å². The third kappa shape index (κ3) is 2.20. The van der Waals surface area contributed by atoms with E-state index in [9.17, 15) is 14.7 Å². The molecule has 0 spiro atoms. The molecule has 6 heteroatoms. The summed E-state index contributed by atoms with van der Waals surface area (Å²) in [5.41, 5.74) is 0.702. The van der Waals surface area contributed by atoms with E-state index in [4.69, 9.17) is 9.84 Å². The van der Waals surface area contributed by atoms with Crippen LogP contribution in [0.2, 0.25) is 0 Å². The molecular weight excluding hydrogens is 238 g/mol. The Hall–Kier alpha value is -1.56. The van der Waals surface area contributed by atoms with Crippen molar-refractivity contribution in [1.29, 1.82) is 0 Å². The smallest absolute Gasteiger partial charge is 0.305 e. The number of carboxylic acids is 2. The van der Waals surface area contributed by atoms with Crippen molar-refractivity contribution in [3.63, 3.8) is 0 Å². The minimum atomic E-state index is -1.29. The lowest BCUT2D eigenvalue weighted by molar-refractivity contribution is -0.299. The van der Waals surface area contributed by atoms with Gasteiger partial charge in [0.15, 0.2) is 0 Å². The summed E-state index contributed by atoms with van der Waals surface area (Å²) in [7, 11) is 1.54. The molecule has 18 heavy (non-hydrogen) atoms. The van der Waals surface area contributed by atoms with Gasteiger partial charge in [0.2, 0.25) is 0 Å². The highest BCUT2D eigenvalue weighted by molar-refractivity contribution is 5.86. The van der Waals surface area contributed by atoms with Gasteiger partial charge in [-0.1, -0.05) is 0 Å². The Morgan fingerprint density at radius 3 is 2.78 bits per heavy atom. The van der Waals surface area contributed by atoms with Gasteiger partial charge in [0, 0.05) is 19.1 Å². The van der Waals surface area contributed by atoms with Crippen LogP contribution in [-0.2, 0) is 14.3 Å². The molecule has 0 aromatic heterocycles. The fourth-order valence-electron chi connectivity index (χ4n) is 3.01. The summed E-state index contributed by atoms with van der Waals surface area (Å²) in [6, 6.07) is -0.372. The molecule has 1 fully saturated rings. The molecule has 2 aliphatic rings. The number of carbonyl (C=O) groups excluding carboxylic acids is 1. The normalized spacial score (nSPS) is 30.8. The topological polar surface area (TPSA) is 98.7 Å². The van der Waals surface area contributed by atoms with E-state index in [-0.39, 0.29) is 30.2 Å². The molecule has 0 bridgehead atoms. The highest BCUT2D eigenvalue weighted by Crippen LogP contribution is 2.40. The van der Waals surface area contributed by atoms with Crippen LogP contribution in [0, 0.1) is 5.92 Å². The lowest BCUT2D eigenvalue weighted by atomic mass is 9.79. The van der Waals surface area contributed by atoms with Gasteiger partial charge in [0.1, 0.15) is 0 Å². The summed E-state index contributed by atoms with van der Waals surface area (Å²) in [6.45, 7) is 0. The molecule has 1 saturated carbocycles. The van der Waals surface area contributed by atoms with Crippen LogP contribution in [0.15, 0.2) is 11.3 Å². The van der Waals surface area contributed by atoms with Gasteiger partial charge in [-0.15, -0.1) is 0 Å². The summed E-state index contributed by atoms with van der Waals surface area (Å²) in [5, 5.41) is 22.8. The first-order valence-electron chi connectivity index (χ1n) is 6.01. The number of carboxylic acid groups (broad SMARTS) is 2. The van der Waals surface area contributed by atoms with Gasteiger partial charge in [-0.25, -0.2) is 0 Å². The molecule has 1 aliphatic carbocycles. The first-order chi connectivity index (χ1) is 8.54. The molecule has 0 aromatic carbocycles. The SMILES string of the molecule is CO[C@H]1CCC[C@H]2C1=C(C(=O)[O-])N[C@H]2CC(=O)O. The summed E-state index contributed by atoms with van der Waals surface area (Å²) in [5.74, 6) is -2.30. The maximum Gasteiger partial charge on any atom is 0.305 e. The van der Waals surface area contributed by atoms with Crippen LogP contribution in [0.1, 0.15) is 25.7 Å². The van der Waals surface area contributed by atoms with Crippen molar-refractivity contribution < 1.29 is 24.5 Å². The van der Waals surface area contributed by atoms with Gasteiger partial charge in [-0.05, 0) is 24.8 Å². The van der Waals surface area contributed by atoms with Crippen LogP contribution in [0.3, 0.4) is 0 Å². The van der Waals surface area contributed by atoms with Crippen molar-refractivity contribution in [3.8, 4) is 0 Å². The molecule has 2 N–H and O–H groups in total. The van der Waals surface area contributed by atoms with E-state index in [1.54, 1.807) is 0 Å². The largest absolute Gasteiger partial charge is 0.543 e. The zero-order valence-electron chi connectivity index (χ0n) is 10.1. The first kappa shape index (κ1) is 12.9. The summed E-state index contributed by atoms with van der Waals surface area (Å²) >= 11 is 0. The molecule has 0 unspecified atom stereocenters. The van der Waals surface area contributed by atoms with Gasteiger partial charge < -0.3 is 25.1 Å². The number of nitrogens with one attached hydrogen (secondary N) is 1. The molecule has 2 rings (SSSR count). The predicted molar refractivity (Wildman–Crippen MR) is 59.3 cm³/mol. The second-order valence-corrected chi connectivity index (χ2v) is 4.73. The monoisotopic (exact) mass is 254 g/mol. The van der Waals surface area contributed by atoms with Crippen LogP contribution in [0.5, 0.6) is 0 Å². The molecule has 0 saturated heterocycles. The Morgan fingerprint density at radius 1 is 1.50 bits per heavy atom. The maximum atomic E-state index is 11.1. The van der Waals surface area contributed by atoms with E-state index in [1.807, 2.05) is 0 Å². The molecule has 0 radical (unpaired) electrons. The van der Waals surface area contributed by atoms with E-state index >= 15 is 0 Å². The Morgan fingerprint density at radius 2 is 2.22 bits per heavy atom. The van der Waals surface area contributed by atoms with Crippen LogP contribution in [0.25, 0.3) is 0 Å². The second-order valence-electron chi connectivity index (χ2n) is 4.73. The fraction of sp³-hybridized carbons (Fsp3) is 0.667. The molecule has 1 aliphatic heterocycles. The van der Waals surface area contributed by atoms with Crippen LogP contribution in [-0.4, -0.2) is 36.3 Å². The van der Waals surface area contributed by atoms with E-state index in [2.05, 4.69) is 5.32 Å². The van der Waals surface area contributed by atoms with Crippen molar-refractivity contribution in [2.75, 3.05) is 7.11 Å². The number of rotatable bonds is 4. The van der Waals surface area contributed by atoms with Gasteiger partial charge in [-0.2, -0.15) is 0 Å². The van der Waals surface area contributed by atoms with Crippen LogP contribution in [0.4, 0.5) is 0 Å². The number of methoxy groups -OCH3 is 1. The highest BCUT2D eigenvalue weighted by Gasteiger charge is 2.41. The minimum absolute atomic E-state index is 0.0257. The van der Waals surface area contributed by atoms with E-state index in [1.165, 1.54) is 7.11 Å². The molecule has 0 amide bonds. The quantitative estimate of drug-likeness (QED) is 0.685. The van der Waals surface area contributed by atoms with E-state index in [0.717, 1.165) is 19.3 Å². The third-order valence-electron chi connectivity index (χ3n) is 3.72. The van der Waals surface area contributed by atoms with Crippen molar-refractivity contribution in [2.45, 2.75) is 37.8 Å². The molecule has 6 nitrogen and oxygen atoms in total. The zero-order valence-corrected chi connectivity index (χ0v) is 10.1. The zero-order chi connectivity index (χ0) is 13.3. The Labute approximate surface area is 105 Å². The molecule has 1 heterocycles. The maximum absolute atomic E-state index is 11.1. The van der Waals surface area contributed by atoms with Gasteiger partial charge in [0.25, 0.3) is 0 Å². The Kier molecular flexibility index (Phi) is 3.56. The Balaban J connectivity index is 2.29. The number of fused-ring (bicyclic) bond motifs is 1. The van der Waals surface area contributed by atoms with Crippen LogP contribution >= 0.6 is 0 Å². The van der Waals surface area contributed by atoms with Crippen molar-refractivity contribution >= 4 is 11.9 Å².